The first-order valence-corrected chi connectivity index (χ1v) is 8.20. The number of amides is 1. The molecule has 0 saturated carbocycles. The van der Waals surface area contributed by atoms with Gasteiger partial charge < -0.3 is 10.6 Å². The van der Waals surface area contributed by atoms with Crippen LogP contribution in [0.15, 0.2) is 24.5 Å². The molecule has 1 unspecified atom stereocenters. The summed E-state index contributed by atoms with van der Waals surface area (Å²) in [7, 11) is 0. The standard InChI is InChI=1S/C16H18ClF2N5O.2ClH/c1-16(8-20)4-6-23(9-16)15(25)10-7-22-24(12(10)13(18)19)14-11(17)3-2-5-21-14;;/h2-3,5,7,13H,4,6,8-9,20H2,1H3;2*1H. The van der Waals surface area contributed by atoms with E-state index >= 15 is 0 Å². The highest BCUT2D eigenvalue weighted by Crippen LogP contribution is 2.32. The average molecular weight is 443 g/mol. The molecule has 0 bridgehead atoms. The first-order valence-electron chi connectivity index (χ1n) is 7.82. The molecule has 0 radical (unpaired) electrons. The van der Waals surface area contributed by atoms with E-state index in [4.69, 9.17) is 17.3 Å². The highest BCUT2D eigenvalue weighted by molar-refractivity contribution is 6.32. The smallest absolute Gasteiger partial charge is 0.281 e. The molecule has 2 aromatic rings. The second-order valence-electron chi connectivity index (χ2n) is 6.46. The molecule has 2 aromatic heterocycles. The molecule has 3 rings (SSSR count). The molecule has 0 aromatic carbocycles. The summed E-state index contributed by atoms with van der Waals surface area (Å²) in [6, 6.07) is 3.11. The minimum Gasteiger partial charge on any atom is -0.338 e. The normalized spacial score (nSPS) is 19.0. The highest BCUT2D eigenvalue weighted by atomic mass is 35.5. The number of hydrogen-bond acceptors (Lipinski definition) is 4. The van der Waals surface area contributed by atoms with Gasteiger partial charge in [-0.2, -0.15) is 5.10 Å². The molecule has 27 heavy (non-hydrogen) atoms. The summed E-state index contributed by atoms with van der Waals surface area (Å²) in [5.74, 6) is -0.419. The van der Waals surface area contributed by atoms with Crippen molar-refractivity contribution < 1.29 is 13.6 Å². The number of halogens is 5. The number of nitrogens with zero attached hydrogens (tertiary/aromatic N) is 4. The van der Waals surface area contributed by atoms with Crippen LogP contribution >= 0.6 is 36.4 Å². The van der Waals surface area contributed by atoms with Gasteiger partial charge in [0.15, 0.2) is 5.82 Å². The molecule has 150 valence electrons. The van der Waals surface area contributed by atoms with E-state index in [-0.39, 0.29) is 46.6 Å². The Bertz CT molecular complexity index is 804. The summed E-state index contributed by atoms with van der Waals surface area (Å²) in [6.07, 6.45) is 0.405. The predicted molar refractivity (Wildman–Crippen MR) is 104 cm³/mol. The summed E-state index contributed by atoms with van der Waals surface area (Å²) in [5, 5.41) is 4.10. The molecule has 1 saturated heterocycles. The lowest BCUT2D eigenvalue weighted by Crippen LogP contribution is -2.34. The van der Waals surface area contributed by atoms with E-state index in [1.165, 1.54) is 12.3 Å². The summed E-state index contributed by atoms with van der Waals surface area (Å²) in [5.41, 5.74) is 4.90. The van der Waals surface area contributed by atoms with Crippen LogP contribution in [0, 0.1) is 5.41 Å². The fraction of sp³-hybridized carbons (Fsp3) is 0.438. The van der Waals surface area contributed by atoms with Gasteiger partial charge in [-0.1, -0.05) is 18.5 Å². The summed E-state index contributed by atoms with van der Waals surface area (Å²) in [6.45, 7) is 3.32. The maximum absolute atomic E-state index is 13.7. The van der Waals surface area contributed by atoms with Crippen LogP contribution in [0.3, 0.4) is 0 Å². The fourth-order valence-corrected chi connectivity index (χ4v) is 3.17. The van der Waals surface area contributed by atoms with Crippen LogP contribution in [0.4, 0.5) is 8.78 Å². The number of hydrogen-bond donors (Lipinski definition) is 1. The number of carbonyl (C=O) groups excluding carboxylic acids is 1. The maximum atomic E-state index is 13.7. The molecule has 1 amide bonds. The Hall–Kier alpha value is -1.48. The van der Waals surface area contributed by atoms with Crippen LogP contribution < -0.4 is 5.73 Å². The second-order valence-corrected chi connectivity index (χ2v) is 6.86. The molecular weight excluding hydrogens is 423 g/mol. The lowest BCUT2D eigenvalue weighted by Gasteiger charge is -2.22. The van der Waals surface area contributed by atoms with Crippen molar-refractivity contribution in [3.63, 3.8) is 0 Å². The van der Waals surface area contributed by atoms with Crippen LogP contribution in [0.2, 0.25) is 5.02 Å². The van der Waals surface area contributed by atoms with Gasteiger partial charge in [0.05, 0.1) is 16.8 Å². The van der Waals surface area contributed by atoms with Crippen molar-refractivity contribution in [1.29, 1.82) is 0 Å². The Balaban J connectivity index is 0.00000182. The Morgan fingerprint density at radius 3 is 2.70 bits per heavy atom. The largest absolute Gasteiger partial charge is 0.338 e. The van der Waals surface area contributed by atoms with Gasteiger partial charge in [-0.3, -0.25) is 4.79 Å². The van der Waals surface area contributed by atoms with Gasteiger partial charge in [-0.25, -0.2) is 18.4 Å². The highest BCUT2D eigenvalue weighted by Gasteiger charge is 2.37. The number of aromatic nitrogens is 3. The third-order valence-corrected chi connectivity index (χ3v) is 4.82. The molecule has 6 nitrogen and oxygen atoms in total. The quantitative estimate of drug-likeness (QED) is 0.786. The van der Waals surface area contributed by atoms with Gasteiger partial charge in [0.25, 0.3) is 12.3 Å². The molecule has 11 heteroatoms. The molecule has 1 atom stereocenters. The molecule has 3 heterocycles. The number of carbonyl (C=O) groups is 1. The third kappa shape index (κ3) is 4.51. The number of rotatable bonds is 4. The van der Waals surface area contributed by atoms with E-state index in [1.54, 1.807) is 11.0 Å². The van der Waals surface area contributed by atoms with Crippen molar-refractivity contribution in [3.05, 3.63) is 40.8 Å². The minimum atomic E-state index is -2.90. The van der Waals surface area contributed by atoms with Gasteiger partial charge in [-0.05, 0) is 30.5 Å². The van der Waals surface area contributed by atoms with E-state index in [0.29, 0.717) is 19.6 Å². The monoisotopic (exact) mass is 441 g/mol. The summed E-state index contributed by atoms with van der Waals surface area (Å²) in [4.78, 5) is 18.3. The van der Waals surface area contributed by atoms with Crippen molar-refractivity contribution in [1.82, 2.24) is 19.7 Å². The van der Waals surface area contributed by atoms with Crippen LogP contribution in [0.5, 0.6) is 0 Å². The SMILES string of the molecule is CC1(CN)CCN(C(=O)c2cnn(-c3ncccc3Cl)c2C(F)F)C1.Cl.Cl. The van der Waals surface area contributed by atoms with Crippen molar-refractivity contribution in [2.45, 2.75) is 19.8 Å². The van der Waals surface area contributed by atoms with Gasteiger partial charge in [0.2, 0.25) is 0 Å². The first kappa shape index (κ1) is 23.6. The van der Waals surface area contributed by atoms with E-state index in [0.717, 1.165) is 17.3 Å². The number of alkyl halides is 2. The van der Waals surface area contributed by atoms with Gasteiger partial charge in [0, 0.05) is 19.3 Å². The van der Waals surface area contributed by atoms with E-state index in [2.05, 4.69) is 10.1 Å². The van der Waals surface area contributed by atoms with Crippen LogP contribution in [0.25, 0.3) is 5.82 Å². The second kappa shape index (κ2) is 9.14. The average Bonchev–Trinajstić information content (AvgIpc) is 3.19. The van der Waals surface area contributed by atoms with Gasteiger partial charge >= 0.3 is 0 Å². The molecule has 1 fully saturated rings. The van der Waals surface area contributed by atoms with Gasteiger partial charge in [-0.15, -0.1) is 24.8 Å². The topological polar surface area (TPSA) is 77.0 Å². The number of likely N-dealkylation sites (tertiary alicyclic amines) is 1. The van der Waals surface area contributed by atoms with E-state index in [1.807, 2.05) is 6.92 Å². The molecule has 0 spiro atoms. The van der Waals surface area contributed by atoms with Crippen molar-refractivity contribution in [2.75, 3.05) is 19.6 Å². The maximum Gasteiger partial charge on any atom is 0.281 e. The van der Waals surface area contributed by atoms with Crippen molar-refractivity contribution in [3.8, 4) is 5.82 Å². The zero-order valence-electron chi connectivity index (χ0n) is 14.4. The molecule has 2 N–H and O–H groups in total. The number of nitrogens with two attached hydrogens (primary N) is 1. The molecule has 1 aliphatic heterocycles. The van der Waals surface area contributed by atoms with Crippen molar-refractivity contribution >= 4 is 42.3 Å². The Labute approximate surface area is 172 Å². The predicted octanol–water partition coefficient (Wildman–Crippen LogP) is 3.51. The summed E-state index contributed by atoms with van der Waals surface area (Å²) < 4.78 is 28.3. The van der Waals surface area contributed by atoms with Gasteiger partial charge in [0.1, 0.15) is 5.69 Å². The van der Waals surface area contributed by atoms with Crippen LogP contribution in [-0.2, 0) is 0 Å². The van der Waals surface area contributed by atoms with E-state index < -0.39 is 18.0 Å². The minimum absolute atomic E-state index is 0. The Morgan fingerprint density at radius 2 is 2.15 bits per heavy atom. The molecule has 0 aliphatic carbocycles. The molecule has 1 aliphatic rings. The summed E-state index contributed by atoms with van der Waals surface area (Å²) >= 11 is 6.03. The third-order valence-electron chi connectivity index (χ3n) is 4.52. The van der Waals surface area contributed by atoms with Crippen LogP contribution in [0.1, 0.15) is 35.8 Å². The zero-order chi connectivity index (χ0) is 18.2. The lowest BCUT2D eigenvalue weighted by molar-refractivity contribution is 0.0763. The first-order chi connectivity index (χ1) is 11.9. The zero-order valence-corrected chi connectivity index (χ0v) is 16.8. The van der Waals surface area contributed by atoms with E-state index in [9.17, 15) is 13.6 Å². The van der Waals surface area contributed by atoms with Crippen LogP contribution in [-0.4, -0.2) is 45.2 Å². The lowest BCUT2D eigenvalue weighted by atomic mass is 9.90. The molecular formula is C16H20Cl3F2N5O. The Morgan fingerprint density at radius 1 is 1.44 bits per heavy atom. The van der Waals surface area contributed by atoms with Crippen molar-refractivity contribution in [2.24, 2.45) is 11.1 Å². The fourth-order valence-electron chi connectivity index (χ4n) is 2.97. The Kier molecular flexibility index (Phi) is 7.98. The number of pyridine rings is 1.